The second-order valence-corrected chi connectivity index (χ2v) is 4.54. The first-order chi connectivity index (χ1) is 7.18. The Morgan fingerprint density at radius 3 is 2.67 bits per heavy atom. The van der Waals surface area contributed by atoms with Gasteiger partial charge in [0.1, 0.15) is 0 Å². The Morgan fingerprint density at radius 2 is 2.07 bits per heavy atom. The lowest BCUT2D eigenvalue weighted by Gasteiger charge is -2.01. The Kier molecular flexibility index (Phi) is 5.29. The van der Waals surface area contributed by atoms with Crippen LogP contribution in [0.15, 0.2) is 47.5 Å². The maximum atomic E-state index is 5.11. The molecule has 0 aliphatic carbocycles. The monoisotopic (exact) mass is 281 g/mol. The lowest BCUT2D eigenvalue weighted by Crippen LogP contribution is -2.20. The summed E-state index contributed by atoms with van der Waals surface area (Å²) in [4.78, 5) is 0.708. The third kappa shape index (κ3) is 5.50. The molecular weight excluding hydrogens is 270 g/mol. The van der Waals surface area contributed by atoms with Gasteiger partial charge in [0.15, 0.2) is 0 Å². The lowest BCUT2D eigenvalue weighted by molar-refractivity contribution is 1.06. The van der Waals surface area contributed by atoms with Crippen LogP contribution in [0.3, 0.4) is 0 Å². The van der Waals surface area contributed by atoms with Gasteiger partial charge in [-0.2, -0.15) is 0 Å². The minimum absolute atomic E-state index is 0.651. The first kappa shape index (κ1) is 12.1. The van der Waals surface area contributed by atoms with Gasteiger partial charge < -0.3 is 5.32 Å². The van der Waals surface area contributed by atoms with Crippen LogP contribution in [0.1, 0.15) is 5.56 Å². The van der Waals surface area contributed by atoms with Crippen molar-refractivity contribution in [2.45, 2.75) is 0 Å². The van der Waals surface area contributed by atoms with E-state index >= 15 is 0 Å². The van der Waals surface area contributed by atoms with Crippen LogP contribution in [0.25, 0.3) is 6.08 Å². The fourth-order valence-corrected chi connectivity index (χ4v) is 1.26. The van der Waals surface area contributed by atoms with Crippen LogP contribution in [0.2, 0.25) is 0 Å². The maximum absolute atomic E-state index is 5.11. The van der Waals surface area contributed by atoms with Gasteiger partial charge in [-0.25, -0.2) is 0 Å². The molecular formula is C12H12BrNS. The zero-order chi connectivity index (χ0) is 11.1. The molecule has 0 atom stereocenters. The Labute approximate surface area is 104 Å². The van der Waals surface area contributed by atoms with E-state index in [-0.39, 0.29) is 0 Å². The predicted octanol–water partition coefficient (Wildman–Crippen LogP) is 3.53. The van der Waals surface area contributed by atoms with Crippen molar-refractivity contribution in [1.29, 1.82) is 0 Å². The molecule has 0 unspecified atom stereocenters. The third-order valence-electron chi connectivity index (χ3n) is 1.68. The average Bonchev–Trinajstić information content (AvgIpc) is 2.25. The molecule has 1 nitrogen and oxygen atoms in total. The largest absolute Gasteiger partial charge is 0.372 e. The Balaban J connectivity index is 2.44. The summed E-state index contributed by atoms with van der Waals surface area (Å²) >= 11 is 8.37. The molecule has 0 fully saturated rings. The van der Waals surface area contributed by atoms with E-state index < -0.39 is 0 Å². The van der Waals surface area contributed by atoms with E-state index in [0.717, 1.165) is 10.0 Å². The molecule has 0 spiro atoms. The summed E-state index contributed by atoms with van der Waals surface area (Å²) in [5, 5.41) is 3.05. The van der Waals surface area contributed by atoms with Crippen molar-refractivity contribution < 1.29 is 0 Å². The molecule has 0 saturated carbocycles. The highest BCUT2D eigenvalue weighted by molar-refractivity contribution is 9.11. The van der Waals surface area contributed by atoms with Crippen LogP contribution in [0, 0.1) is 0 Å². The van der Waals surface area contributed by atoms with E-state index in [1.54, 1.807) is 0 Å². The molecule has 0 radical (unpaired) electrons. The van der Waals surface area contributed by atoms with E-state index in [1.165, 1.54) is 0 Å². The number of nitrogens with one attached hydrogen (secondary N) is 1. The highest BCUT2D eigenvalue weighted by Gasteiger charge is 1.90. The molecule has 0 heterocycles. The number of hydrogen-bond acceptors (Lipinski definition) is 1. The van der Waals surface area contributed by atoms with Gasteiger partial charge in [-0.3, -0.25) is 0 Å². The second kappa shape index (κ2) is 6.53. The number of benzene rings is 1. The van der Waals surface area contributed by atoms with Crippen molar-refractivity contribution in [3.05, 3.63) is 53.0 Å². The standard InChI is InChI=1S/C12H12BrNS/c1-10(13)9-14-12(15)8-7-11-5-3-2-4-6-11/h2-8H,1,9H2,(H,14,15)/b8-7+. The smallest absolute Gasteiger partial charge is 0.0991 e. The molecule has 1 rings (SSSR count). The minimum Gasteiger partial charge on any atom is -0.372 e. The first-order valence-electron chi connectivity index (χ1n) is 4.53. The third-order valence-corrected chi connectivity index (χ3v) is 2.24. The van der Waals surface area contributed by atoms with Gasteiger partial charge in [0.25, 0.3) is 0 Å². The summed E-state index contributed by atoms with van der Waals surface area (Å²) in [5.74, 6) is 0. The Morgan fingerprint density at radius 1 is 1.40 bits per heavy atom. The molecule has 1 aromatic carbocycles. The van der Waals surface area contributed by atoms with Crippen LogP contribution in [0.4, 0.5) is 0 Å². The van der Waals surface area contributed by atoms with Gasteiger partial charge in [-0.15, -0.1) is 0 Å². The van der Waals surface area contributed by atoms with Crippen LogP contribution in [-0.2, 0) is 0 Å². The van der Waals surface area contributed by atoms with Gasteiger partial charge in [0.2, 0.25) is 0 Å². The summed E-state index contributed by atoms with van der Waals surface area (Å²) in [6.07, 6.45) is 3.85. The van der Waals surface area contributed by atoms with Crippen molar-refractivity contribution in [3.63, 3.8) is 0 Å². The number of rotatable bonds is 4. The Bertz CT molecular complexity index is 370. The van der Waals surface area contributed by atoms with Gasteiger partial charge in [-0.05, 0) is 11.6 Å². The summed E-state index contributed by atoms with van der Waals surface area (Å²) < 4.78 is 0.887. The van der Waals surface area contributed by atoms with Crippen LogP contribution in [0.5, 0.6) is 0 Å². The highest BCUT2D eigenvalue weighted by atomic mass is 79.9. The van der Waals surface area contributed by atoms with Gasteiger partial charge in [0.05, 0.1) is 4.99 Å². The van der Waals surface area contributed by atoms with E-state index in [9.17, 15) is 0 Å². The number of hydrogen-bond donors (Lipinski definition) is 1. The lowest BCUT2D eigenvalue weighted by atomic mass is 10.2. The van der Waals surface area contributed by atoms with E-state index in [2.05, 4.69) is 27.8 Å². The first-order valence-corrected chi connectivity index (χ1v) is 5.73. The predicted molar refractivity (Wildman–Crippen MR) is 74.1 cm³/mol. The van der Waals surface area contributed by atoms with Crippen LogP contribution in [-0.4, -0.2) is 11.5 Å². The fraction of sp³-hybridized carbons (Fsp3) is 0.0833. The van der Waals surface area contributed by atoms with Crippen molar-refractivity contribution in [2.24, 2.45) is 0 Å². The SMILES string of the molecule is C=C(Br)CNC(=S)/C=C/c1ccccc1. The molecule has 0 aliphatic heterocycles. The normalized spacial score (nSPS) is 10.2. The number of thiocarbonyl (C=S) groups is 1. The number of halogens is 1. The zero-order valence-corrected chi connectivity index (χ0v) is 10.6. The average molecular weight is 282 g/mol. The Hall–Kier alpha value is -0.930. The topological polar surface area (TPSA) is 12.0 Å². The van der Waals surface area contributed by atoms with Crippen molar-refractivity contribution in [3.8, 4) is 0 Å². The molecule has 0 saturated heterocycles. The van der Waals surface area contributed by atoms with Crippen LogP contribution >= 0.6 is 28.1 Å². The zero-order valence-electron chi connectivity index (χ0n) is 8.24. The summed E-state index contributed by atoms with van der Waals surface area (Å²) in [6.45, 7) is 4.37. The van der Waals surface area contributed by atoms with Gasteiger partial charge in [0, 0.05) is 11.0 Å². The molecule has 0 amide bonds. The molecule has 0 aromatic heterocycles. The maximum Gasteiger partial charge on any atom is 0.0991 e. The second-order valence-electron chi connectivity index (χ2n) is 2.98. The highest BCUT2D eigenvalue weighted by Crippen LogP contribution is 2.01. The summed E-state index contributed by atoms with van der Waals surface area (Å²) in [7, 11) is 0. The molecule has 78 valence electrons. The van der Waals surface area contributed by atoms with Crippen molar-refractivity contribution in [1.82, 2.24) is 5.32 Å². The fourth-order valence-electron chi connectivity index (χ4n) is 0.978. The molecule has 3 heteroatoms. The van der Waals surface area contributed by atoms with Crippen molar-refractivity contribution in [2.75, 3.05) is 6.54 Å². The van der Waals surface area contributed by atoms with Gasteiger partial charge >= 0.3 is 0 Å². The molecule has 0 aliphatic rings. The van der Waals surface area contributed by atoms with E-state index in [0.29, 0.717) is 11.5 Å². The quantitative estimate of drug-likeness (QED) is 0.670. The summed E-state index contributed by atoms with van der Waals surface area (Å²) in [6, 6.07) is 10.0. The van der Waals surface area contributed by atoms with Crippen LogP contribution < -0.4 is 5.32 Å². The van der Waals surface area contributed by atoms with Crippen molar-refractivity contribution >= 4 is 39.2 Å². The molecule has 1 N–H and O–H groups in total. The molecule has 15 heavy (non-hydrogen) atoms. The minimum atomic E-state index is 0.651. The van der Waals surface area contributed by atoms with E-state index in [4.69, 9.17) is 12.2 Å². The molecule has 1 aromatic rings. The molecule has 0 bridgehead atoms. The van der Waals surface area contributed by atoms with E-state index in [1.807, 2.05) is 42.5 Å². The van der Waals surface area contributed by atoms with Gasteiger partial charge in [-0.1, -0.05) is 71.1 Å². The summed E-state index contributed by atoms with van der Waals surface area (Å²) in [5.41, 5.74) is 1.14.